The van der Waals surface area contributed by atoms with Crippen LogP contribution in [0, 0.1) is 0 Å². The highest BCUT2D eigenvalue weighted by atomic mass is 16.5. The molecule has 0 atom stereocenters. The van der Waals surface area contributed by atoms with Gasteiger partial charge in [-0.1, -0.05) is 25.8 Å². The Labute approximate surface area is 154 Å². The van der Waals surface area contributed by atoms with Crippen molar-refractivity contribution < 1.29 is 14.3 Å². The van der Waals surface area contributed by atoms with Crippen molar-refractivity contribution in [1.82, 2.24) is 5.32 Å². The number of unbranched alkanes of at least 4 members (excludes halogenated alkanes) is 2. The van der Waals surface area contributed by atoms with Crippen LogP contribution in [0.2, 0.25) is 0 Å². The molecule has 26 heavy (non-hydrogen) atoms. The molecule has 2 aromatic carbocycles. The van der Waals surface area contributed by atoms with Crippen LogP contribution in [0.1, 0.15) is 53.8 Å². The first kappa shape index (κ1) is 19.5. The predicted molar refractivity (Wildman–Crippen MR) is 104 cm³/mol. The molecule has 138 valence electrons. The van der Waals surface area contributed by atoms with Crippen molar-refractivity contribution in [3.8, 4) is 5.75 Å². The van der Waals surface area contributed by atoms with Gasteiger partial charge in [-0.05, 0) is 55.8 Å². The third-order valence-corrected chi connectivity index (χ3v) is 3.88. The van der Waals surface area contributed by atoms with Crippen molar-refractivity contribution in [3.63, 3.8) is 0 Å². The van der Waals surface area contributed by atoms with E-state index in [2.05, 4.69) is 17.6 Å². The van der Waals surface area contributed by atoms with Gasteiger partial charge in [-0.2, -0.15) is 0 Å². The third kappa shape index (κ3) is 5.92. The summed E-state index contributed by atoms with van der Waals surface area (Å²) in [4.78, 5) is 24.6. The van der Waals surface area contributed by atoms with Crippen LogP contribution in [0.15, 0.2) is 48.5 Å². The molecule has 0 aromatic heterocycles. The molecule has 0 saturated carbocycles. The monoisotopic (exact) mass is 354 g/mol. The maximum absolute atomic E-state index is 12.4. The number of hydrogen-bond acceptors (Lipinski definition) is 3. The van der Waals surface area contributed by atoms with E-state index in [9.17, 15) is 9.59 Å². The van der Waals surface area contributed by atoms with Crippen LogP contribution in [0.5, 0.6) is 5.75 Å². The Morgan fingerprint density at radius 2 is 1.62 bits per heavy atom. The van der Waals surface area contributed by atoms with E-state index in [-0.39, 0.29) is 11.8 Å². The Balaban J connectivity index is 1.97. The smallest absolute Gasteiger partial charge is 0.255 e. The lowest BCUT2D eigenvalue weighted by atomic mass is 10.1. The first-order valence-electron chi connectivity index (χ1n) is 9.06. The number of anilines is 1. The van der Waals surface area contributed by atoms with E-state index in [0.29, 0.717) is 30.0 Å². The van der Waals surface area contributed by atoms with E-state index < -0.39 is 0 Å². The lowest BCUT2D eigenvalue weighted by molar-refractivity contribution is 0.0953. The predicted octanol–water partition coefficient (Wildman–Crippen LogP) is 4.26. The molecule has 2 amide bonds. The fourth-order valence-electron chi connectivity index (χ4n) is 2.49. The van der Waals surface area contributed by atoms with Gasteiger partial charge in [0.25, 0.3) is 11.8 Å². The number of carbonyl (C=O) groups is 2. The average Bonchev–Trinajstić information content (AvgIpc) is 2.67. The summed E-state index contributed by atoms with van der Waals surface area (Å²) in [6.07, 6.45) is 3.15. The van der Waals surface area contributed by atoms with Crippen molar-refractivity contribution in [3.05, 3.63) is 59.7 Å². The summed E-state index contributed by atoms with van der Waals surface area (Å²) in [7, 11) is 0. The van der Waals surface area contributed by atoms with Crippen molar-refractivity contribution in [1.29, 1.82) is 0 Å². The largest absolute Gasteiger partial charge is 0.494 e. The molecule has 0 unspecified atom stereocenters. The molecule has 0 saturated heterocycles. The van der Waals surface area contributed by atoms with E-state index in [1.807, 2.05) is 6.92 Å². The Morgan fingerprint density at radius 1 is 0.923 bits per heavy atom. The highest BCUT2D eigenvalue weighted by Crippen LogP contribution is 2.17. The van der Waals surface area contributed by atoms with Crippen molar-refractivity contribution in [2.24, 2.45) is 0 Å². The van der Waals surface area contributed by atoms with Crippen molar-refractivity contribution in [2.45, 2.75) is 33.1 Å². The zero-order chi connectivity index (χ0) is 18.8. The zero-order valence-electron chi connectivity index (χ0n) is 15.4. The summed E-state index contributed by atoms with van der Waals surface area (Å²) in [5.41, 5.74) is 1.61. The second-order valence-corrected chi connectivity index (χ2v) is 5.96. The van der Waals surface area contributed by atoms with Gasteiger partial charge in [-0.25, -0.2) is 0 Å². The Kier molecular flexibility index (Phi) is 7.68. The summed E-state index contributed by atoms with van der Waals surface area (Å²) in [6, 6.07) is 13.9. The maximum Gasteiger partial charge on any atom is 0.255 e. The molecule has 0 spiro atoms. The molecule has 0 bridgehead atoms. The molecular formula is C21H26N2O3. The highest BCUT2D eigenvalue weighted by Gasteiger charge is 2.10. The molecule has 0 aliphatic carbocycles. The van der Waals surface area contributed by atoms with Gasteiger partial charge in [0.05, 0.1) is 6.61 Å². The second kappa shape index (κ2) is 10.2. The Bertz CT molecular complexity index is 726. The van der Waals surface area contributed by atoms with Crippen LogP contribution in [0.4, 0.5) is 5.69 Å². The minimum absolute atomic E-state index is 0.156. The molecule has 0 aliphatic rings. The van der Waals surface area contributed by atoms with Gasteiger partial charge in [0.15, 0.2) is 0 Å². The van der Waals surface area contributed by atoms with Gasteiger partial charge in [0.1, 0.15) is 5.75 Å². The van der Waals surface area contributed by atoms with Crippen LogP contribution in [-0.2, 0) is 0 Å². The molecule has 5 nitrogen and oxygen atoms in total. The number of nitrogens with one attached hydrogen (secondary N) is 2. The van der Waals surface area contributed by atoms with Gasteiger partial charge >= 0.3 is 0 Å². The second-order valence-electron chi connectivity index (χ2n) is 5.96. The first-order valence-corrected chi connectivity index (χ1v) is 9.06. The minimum Gasteiger partial charge on any atom is -0.494 e. The van der Waals surface area contributed by atoms with E-state index in [0.717, 1.165) is 25.0 Å². The van der Waals surface area contributed by atoms with Crippen molar-refractivity contribution >= 4 is 17.5 Å². The lowest BCUT2D eigenvalue weighted by Gasteiger charge is -2.09. The number of ether oxygens (including phenoxy) is 1. The minimum atomic E-state index is -0.255. The molecule has 5 heteroatoms. The van der Waals surface area contributed by atoms with Crippen LogP contribution in [-0.4, -0.2) is 25.0 Å². The van der Waals surface area contributed by atoms with Gasteiger partial charge in [0.2, 0.25) is 0 Å². The molecule has 0 heterocycles. The third-order valence-electron chi connectivity index (χ3n) is 3.88. The summed E-state index contributed by atoms with van der Waals surface area (Å²) < 4.78 is 5.38. The van der Waals surface area contributed by atoms with E-state index >= 15 is 0 Å². The number of benzene rings is 2. The number of carbonyl (C=O) groups excluding carboxylic acids is 2. The Hall–Kier alpha value is -2.82. The number of amides is 2. The molecule has 0 fully saturated rings. The average molecular weight is 354 g/mol. The zero-order valence-corrected chi connectivity index (χ0v) is 15.4. The van der Waals surface area contributed by atoms with Gasteiger partial charge < -0.3 is 15.4 Å². The van der Waals surface area contributed by atoms with Gasteiger partial charge in [0, 0.05) is 23.4 Å². The standard InChI is InChI=1S/C21H26N2O3/c1-3-5-6-14-22-20(24)16-8-7-9-17(15-16)21(25)23-18-10-12-19(13-11-18)26-4-2/h7-13,15H,3-6,14H2,1-2H3,(H,22,24)(H,23,25). The first-order chi connectivity index (χ1) is 12.6. The summed E-state index contributed by atoms with van der Waals surface area (Å²) in [5.74, 6) is 0.346. The van der Waals surface area contributed by atoms with Gasteiger partial charge in [-0.15, -0.1) is 0 Å². The summed E-state index contributed by atoms with van der Waals surface area (Å²) in [6.45, 7) is 5.28. The van der Waals surface area contributed by atoms with Crippen molar-refractivity contribution in [2.75, 3.05) is 18.5 Å². The summed E-state index contributed by atoms with van der Waals surface area (Å²) >= 11 is 0. The molecular weight excluding hydrogens is 328 g/mol. The fourth-order valence-corrected chi connectivity index (χ4v) is 2.49. The molecule has 2 aromatic rings. The normalized spacial score (nSPS) is 10.2. The lowest BCUT2D eigenvalue weighted by Crippen LogP contribution is -2.24. The highest BCUT2D eigenvalue weighted by molar-refractivity contribution is 6.06. The summed E-state index contributed by atoms with van der Waals surface area (Å²) in [5, 5.41) is 5.71. The van der Waals surface area contributed by atoms with Crippen LogP contribution >= 0.6 is 0 Å². The van der Waals surface area contributed by atoms with Crippen LogP contribution in [0.3, 0.4) is 0 Å². The number of rotatable bonds is 9. The van der Waals surface area contributed by atoms with E-state index in [1.165, 1.54) is 0 Å². The molecule has 2 rings (SSSR count). The molecule has 0 radical (unpaired) electrons. The topological polar surface area (TPSA) is 67.4 Å². The van der Waals surface area contributed by atoms with Gasteiger partial charge in [-0.3, -0.25) is 9.59 Å². The molecule has 0 aliphatic heterocycles. The molecule has 2 N–H and O–H groups in total. The van der Waals surface area contributed by atoms with E-state index in [1.54, 1.807) is 48.5 Å². The maximum atomic E-state index is 12.4. The van der Waals surface area contributed by atoms with E-state index in [4.69, 9.17) is 4.74 Å². The Morgan fingerprint density at radius 3 is 2.27 bits per heavy atom. The number of hydrogen-bond donors (Lipinski definition) is 2. The van der Waals surface area contributed by atoms with Crippen LogP contribution in [0.25, 0.3) is 0 Å². The van der Waals surface area contributed by atoms with Crippen LogP contribution < -0.4 is 15.4 Å². The SMILES string of the molecule is CCCCCNC(=O)c1cccc(C(=O)Nc2ccc(OCC)cc2)c1. The quantitative estimate of drug-likeness (QED) is 0.661. The fraction of sp³-hybridized carbons (Fsp3) is 0.333.